The lowest BCUT2D eigenvalue weighted by molar-refractivity contribution is 0.253. The molecular formula is C8H14O. The van der Waals surface area contributed by atoms with Gasteiger partial charge in [0.15, 0.2) is 0 Å². The van der Waals surface area contributed by atoms with Crippen molar-refractivity contribution in [3.05, 3.63) is 0 Å². The highest BCUT2D eigenvalue weighted by atomic mass is 16.3. The van der Waals surface area contributed by atoms with Crippen molar-refractivity contribution in [2.24, 2.45) is 5.41 Å². The van der Waals surface area contributed by atoms with Crippen molar-refractivity contribution in [2.75, 3.05) is 0 Å². The Bertz CT molecular complexity index is 129. The van der Waals surface area contributed by atoms with Crippen molar-refractivity contribution in [1.82, 2.24) is 0 Å². The van der Waals surface area contributed by atoms with Gasteiger partial charge in [-0.2, -0.15) is 0 Å². The van der Waals surface area contributed by atoms with Gasteiger partial charge in [-0.25, -0.2) is 0 Å². The third-order valence-corrected chi connectivity index (χ3v) is 0.656. The molecule has 52 valence electrons. The Kier molecular flexibility index (Phi) is 2.73. The van der Waals surface area contributed by atoms with E-state index in [1.54, 1.807) is 6.92 Å². The molecule has 0 aliphatic carbocycles. The zero-order valence-electron chi connectivity index (χ0n) is 6.52. The molecule has 0 aromatic heterocycles. The molecule has 0 aliphatic heterocycles. The molecule has 1 N–H and O–H groups in total. The molecule has 0 saturated heterocycles. The molecule has 0 fully saturated rings. The first-order valence-electron chi connectivity index (χ1n) is 3.12. The van der Waals surface area contributed by atoms with E-state index < -0.39 is 6.10 Å². The summed E-state index contributed by atoms with van der Waals surface area (Å²) < 4.78 is 0. The highest BCUT2D eigenvalue weighted by Gasteiger charge is 2.03. The van der Waals surface area contributed by atoms with E-state index in [0.717, 1.165) is 0 Å². The van der Waals surface area contributed by atoms with Gasteiger partial charge in [-0.05, 0) is 27.7 Å². The fourth-order valence-corrected chi connectivity index (χ4v) is 0.321. The van der Waals surface area contributed by atoms with E-state index in [9.17, 15) is 0 Å². The molecule has 0 amide bonds. The number of hydrogen-bond acceptors (Lipinski definition) is 1. The minimum Gasteiger partial charge on any atom is -0.381 e. The largest absolute Gasteiger partial charge is 0.381 e. The highest BCUT2D eigenvalue weighted by molar-refractivity contribution is 5.09. The predicted molar refractivity (Wildman–Crippen MR) is 38.9 cm³/mol. The summed E-state index contributed by atoms with van der Waals surface area (Å²) in [6, 6.07) is 0. The van der Waals surface area contributed by atoms with Gasteiger partial charge in [-0.15, -0.1) is 0 Å². The maximum atomic E-state index is 8.74. The van der Waals surface area contributed by atoms with Crippen LogP contribution in [0, 0.1) is 17.3 Å². The molecular weight excluding hydrogens is 112 g/mol. The number of hydrogen-bond donors (Lipinski definition) is 1. The van der Waals surface area contributed by atoms with Crippen LogP contribution in [-0.2, 0) is 0 Å². The van der Waals surface area contributed by atoms with Crippen molar-refractivity contribution in [3.8, 4) is 11.8 Å². The first-order chi connectivity index (χ1) is 3.92. The van der Waals surface area contributed by atoms with Gasteiger partial charge in [0.1, 0.15) is 6.10 Å². The molecule has 1 heteroatoms. The van der Waals surface area contributed by atoms with Crippen LogP contribution in [0.5, 0.6) is 0 Å². The van der Waals surface area contributed by atoms with E-state index in [2.05, 4.69) is 11.8 Å². The standard InChI is InChI=1S/C8H14O/c1-7(9)5-6-8(2,3)4/h7,9H,1-4H3. The second-order valence-electron chi connectivity index (χ2n) is 3.20. The molecule has 1 unspecified atom stereocenters. The summed E-state index contributed by atoms with van der Waals surface area (Å²) in [7, 11) is 0. The topological polar surface area (TPSA) is 20.2 Å². The molecule has 0 heterocycles. The van der Waals surface area contributed by atoms with Gasteiger partial charge in [-0.1, -0.05) is 11.8 Å². The summed E-state index contributed by atoms with van der Waals surface area (Å²) >= 11 is 0. The van der Waals surface area contributed by atoms with E-state index in [1.165, 1.54) is 0 Å². The van der Waals surface area contributed by atoms with E-state index >= 15 is 0 Å². The average Bonchev–Trinajstić information content (AvgIpc) is 1.59. The van der Waals surface area contributed by atoms with Gasteiger partial charge in [0, 0.05) is 5.41 Å². The van der Waals surface area contributed by atoms with Gasteiger partial charge >= 0.3 is 0 Å². The minimum atomic E-state index is -0.496. The van der Waals surface area contributed by atoms with E-state index in [-0.39, 0.29) is 5.41 Å². The van der Waals surface area contributed by atoms with Crippen molar-refractivity contribution in [3.63, 3.8) is 0 Å². The maximum Gasteiger partial charge on any atom is 0.111 e. The van der Waals surface area contributed by atoms with Gasteiger partial charge in [-0.3, -0.25) is 0 Å². The van der Waals surface area contributed by atoms with Crippen molar-refractivity contribution in [2.45, 2.75) is 33.8 Å². The SMILES string of the molecule is CC(O)C#CC(C)(C)C. The van der Waals surface area contributed by atoms with Crippen LogP contribution in [0.2, 0.25) is 0 Å². The lowest BCUT2D eigenvalue weighted by atomic mass is 9.98. The Morgan fingerprint density at radius 1 is 1.33 bits per heavy atom. The number of rotatable bonds is 0. The van der Waals surface area contributed by atoms with Crippen molar-refractivity contribution >= 4 is 0 Å². The molecule has 9 heavy (non-hydrogen) atoms. The van der Waals surface area contributed by atoms with Crippen LogP contribution in [0.3, 0.4) is 0 Å². The second-order valence-corrected chi connectivity index (χ2v) is 3.20. The van der Waals surface area contributed by atoms with E-state index in [4.69, 9.17) is 5.11 Å². The molecule has 0 aromatic carbocycles. The maximum absolute atomic E-state index is 8.74. The molecule has 0 spiro atoms. The van der Waals surface area contributed by atoms with Gasteiger partial charge < -0.3 is 5.11 Å². The normalized spacial score (nSPS) is 13.9. The number of aliphatic hydroxyl groups is 1. The summed E-state index contributed by atoms with van der Waals surface area (Å²) in [6.07, 6.45) is -0.496. The van der Waals surface area contributed by atoms with Gasteiger partial charge in [0.2, 0.25) is 0 Å². The number of aliphatic hydroxyl groups excluding tert-OH is 1. The second kappa shape index (κ2) is 2.89. The lowest BCUT2D eigenvalue weighted by Crippen LogP contribution is -2.02. The summed E-state index contributed by atoms with van der Waals surface area (Å²) in [5.41, 5.74) is 0.0109. The van der Waals surface area contributed by atoms with E-state index in [0.29, 0.717) is 0 Å². The zero-order valence-corrected chi connectivity index (χ0v) is 6.52. The third-order valence-electron chi connectivity index (χ3n) is 0.656. The molecule has 0 rings (SSSR count). The monoisotopic (exact) mass is 126 g/mol. The fourth-order valence-electron chi connectivity index (χ4n) is 0.321. The summed E-state index contributed by atoms with van der Waals surface area (Å²) in [5.74, 6) is 5.61. The van der Waals surface area contributed by atoms with Gasteiger partial charge in [0.05, 0.1) is 0 Å². The highest BCUT2D eigenvalue weighted by Crippen LogP contribution is 2.09. The quantitative estimate of drug-likeness (QED) is 0.487. The Morgan fingerprint density at radius 2 is 1.78 bits per heavy atom. The van der Waals surface area contributed by atoms with Crippen LogP contribution >= 0.6 is 0 Å². The average molecular weight is 126 g/mol. The molecule has 0 saturated carbocycles. The molecule has 0 aromatic rings. The fraction of sp³-hybridized carbons (Fsp3) is 0.750. The van der Waals surface area contributed by atoms with Crippen LogP contribution in [0.1, 0.15) is 27.7 Å². The van der Waals surface area contributed by atoms with Crippen molar-refractivity contribution < 1.29 is 5.11 Å². The van der Waals surface area contributed by atoms with Crippen LogP contribution in [0.25, 0.3) is 0 Å². The molecule has 0 bridgehead atoms. The van der Waals surface area contributed by atoms with Crippen LogP contribution in [0.15, 0.2) is 0 Å². The predicted octanol–water partition coefficient (Wildman–Crippen LogP) is 1.42. The summed E-state index contributed by atoms with van der Waals surface area (Å²) in [6.45, 7) is 7.71. The molecule has 1 atom stereocenters. The minimum absolute atomic E-state index is 0.0109. The Hall–Kier alpha value is -0.480. The van der Waals surface area contributed by atoms with Crippen molar-refractivity contribution in [1.29, 1.82) is 0 Å². The summed E-state index contributed by atoms with van der Waals surface area (Å²) in [4.78, 5) is 0. The summed E-state index contributed by atoms with van der Waals surface area (Å²) in [5, 5.41) is 8.74. The third kappa shape index (κ3) is 7.52. The van der Waals surface area contributed by atoms with Gasteiger partial charge in [0.25, 0.3) is 0 Å². The van der Waals surface area contributed by atoms with Crippen LogP contribution < -0.4 is 0 Å². The molecule has 1 nitrogen and oxygen atoms in total. The lowest BCUT2D eigenvalue weighted by Gasteiger charge is -2.06. The van der Waals surface area contributed by atoms with Crippen LogP contribution in [-0.4, -0.2) is 11.2 Å². The molecule has 0 radical (unpaired) electrons. The molecule has 0 aliphatic rings. The van der Waals surface area contributed by atoms with E-state index in [1.807, 2.05) is 20.8 Å². The Balaban J connectivity index is 3.88. The smallest absolute Gasteiger partial charge is 0.111 e. The Labute approximate surface area is 57.1 Å². The first kappa shape index (κ1) is 8.52. The zero-order chi connectivity index (χ0) is 7.49. The van der Waals surface area contributed by atoms with Crippen LogP contribution in [0.4, 0.5) is 0 Å². The Morgan fingerprint density at radius 3 is 1.89 bits per heavy atom. The first-order valence-corrected chi connectivity index (χ1v) is 3.12.